The molecule has 3 rings (SSSR count). The van der Waals surface area contributed by atoms with Gasteiger partial charge in [-0.15, -0.1) is 11.3 Å². The quantitative estimate of drug-likeness (QED) is 0.681. The molecule has 0 fully saturated rings. The van der Waals surface area contributed by atoms with Crippen molar-refractivity contribution in [2.45, 2.75) is 25.7 Å². The summed E-state index contributed by atoms with van der Waals surface area (Å²) in [6, 6.07) is 10.9. The average Bonchev–Trinajstić information content (AvgIpc) is 3.17. The summed E-state index contributed by atoms with van der Waals surface area (Å²) >= 11 is 1.39. The minimum atomic E-state index is -3.64. The van der Waals surface area contributed by atoms with Gasteiger partial charge in [0, 0.05) is 17.5 Å². The highest BCUT2D eigenvalue weighted by atomic mass is 32.2. The Hall–Kier alpha value is -2.12. The van der Waals surface area contributed by atoms with Crippen molar-refractivity contribution in [2.24, 2.45) is 0 Å². The molecule has 0 radical (unpaired) electrons. The van der Waals surface area contributed by atoms with Gasteiger partial charge in [0.25, 0.3) is 10.0 Å². The van der Waals surface area contributed by atoms with Crippen molar-refractivity contribution in [3.05, 3.63) is 53.0 Å². The monoisotopic (exact) mass is 362 g/mol. The van der Waals surface area contributed by atoms with Crippen molar-refractivity contribution in [3.63, 3.8) is 0 Å². The smallest absolute Gasteiger partial charge is 0.265 e. The number of aryl methyl sites for hydroxylation is 2. The van der Waals surface area contributed by atoms with Crippen LogP contribution in [0, 0.1) is 13.8 Å². The first kappa shape index (κ1) is 16.7. The van der Waals surface area contributed by atoms with E-state index >= 15 is 0 Å². The van der Waals surface area contributed by atoms with E-state index in [4.69, 9.17) is 4.52 Å². The third-order valence-corrected chi connectivity index (χ3v) is 6.92. The SMILES string of the molecule is CCN(c1cccc(C)c1)S(=O)(=O)c1cc(-c2ccno2)sc1C. The first-order chi connectivity index (χ1) is 11.4. The lowest BCUT2D eigenvalue weighted by Gasteiger charge is -2.23. The van der Waals surface area contributed by atoms with Gasteiger partial charge in [0.05, 0.1) is 16.8 Å². The van der Waals surface area contributed by atoms with Crippen LogP contribution in [0.3, 0.4) is 0 Å². The summed E-state index contributed by atoms with van der Waals surface area (Å²) in [6.07, 6.45) is 1.55. The van der Waals surface area contributed by atoms with E-state index in [1.54, 1.807) is 18.3 Å². The van der Waals surface area contributed by atoms with E-state index in [1.807, 2.05) is 45.0 Å². The predicted molar refractivity (Wildman–Crippen MR) is 95.9 cm³/mol. The Balaban J connectivity index is 2.06. The van der Waals surface area contributed by atoms with E-state index in [2.05, 4.69) is 5.16 Å². The first-order valence-electron chi connectivity index (χ1n) is 7.54. The minimum absolute atomic E-state index is 0.308. The Morgan fingerprint density at radius 2 is 2.00 bits per heavy atom. The van der Waals surface area contributed by atoms with Crippen LogP contribution in [0.2, 0.25) is 0 Å². The Labute approximate surface area is 145 Å². The van der Waals surface area contributed by atoms with Crippen molar-refractivity contribution >= 4 is 27.0 Å². The molecule has 0 spiro atoms. The van der Waals surface area contributed by atoms with Gasteiger partial charge in [-0.05, 0) is 44.5 Å². The van der Waals surface area contributed by atoms with Crippen LogP contribution in [-0.4, -0.2) is 20.1 Å². The van der Waals surface area contributed by atoms with Crippen LogP contribution in [0.5, 0.6) is 0 Å². The predicted octanol–water partition coefficient (Wildman–Crippen LogP) is 4.24. The molecule has 5 nitrogen and oxygen atoms in total. The maximum absolute atomic E-state index is 13.2. The number of thiophene rings is 1. The molecule has 0 aliphatic heterocycles. The second kappa shape index (κ2) is 6.41. The van der Waals surface area contributed by atoms with E-state index < -0.39 is 10.0 Å². The number of nitrogens with zero attached hydrogens (tertiary/aromatic N) is 2. The van der Waals surface area contributed by atoms with Crippen LogP contribution in [0.1, 0.15) is 17.4 Å². The molecular formula is C17H18N2O3S2. The van der Waals surface area contributed by atoms with E-state index in [-0.39, 0.29) is 0 Å². The highest BCUT2D eigenvalue weighted by Crippen LogP contribution is 2.36. The fourth-order valence-electron chi connectivity index (χ4n) is 2.58. The molecule has 0 atom stereocenters. The minimum Gasteiger partial charge on any atom is -0.355 e. The molecule has 7 heteroatoms. The molecule has 3 aromatic rings. The highest BCUT2D eigenvalue weighted by Gasteiger charge is 2.28. The fraction of sp³-hybridized carbons (Fsp3) is 0.235. The molecule has 0 saturated carbocycles. The Bertz CT molecular complexity index is 944. The topological polar surface area (TPSA) is 63.4 Å². The van der Waals surface area contributed by atoms with Gasteiger partial charge in [-0.3, -0.25) is 4.31 Å². The molecule has 2 heterocycles. The zero-order chi connectivity index (χ0) is 17.3. The van der Waals surface area contributed by atoms with E-state index in [0.29, 0.717) is 22.9 Å². The maximum Gasteiger partial charge on any atom is 0.265 e. The van der Waals surface area contributed by atoms with Gasteiger partial charge in [-0.2, -0.15) is 0 Å². The average molecular weight is 362 g/mol. The van der Waals surface area contributed by atoms with Gasteiger partial charge in [0.1, 0.15) is 4.90 Å². The molecule has 0 aliphatic carbocycles. The second-order valence-electron chi connectivity index (χ2n) is 5.42. The van der Waals surface area contributed by atoms with Gasteiger partial charge in [-0.1, -0.05) is 17.3 Å². The highest BCUT2D eigenvalue weighted by molar-refractivity contribution is 7.93. The zero-order valence-corrected chi connectivity index (χ0v) is 15.3. The van der Waals surface area contributed by atoms with Gasteiger partial charge in [-0.25, -0.2) is 8.42 Å². The van der Waals surface area contributed by atoms with Gasteiger partial charge in [0.2, 0.25) is 0 Å². The molecule has 0 saturated heterocycles. The van der Waals surface area contributed by atoms with E-state index in [9.17, 15) is 8.42 Å². The van der Waals surface area contributed by atoms with Crippen LogP contribution in [0.4, 0.5) is 5.69 Å². The lowest BCUT2D eigenvalue weighted by atomic mass is 10.2. The van der Waals surface area contributed by atoms with Crippen molar-refractivity contribution < 1.29 is 12.9 Å². The number of anilines is 1. The van der Waals surface area contributed by atoms with Crippen molar-refractivity contribution in [3.8, 4) is 10.6 Å². The van der Waals surface area contributed by atoms with E-state index in [0.717, 1.165) is 15.3 Å². The zero-order valence-electron chi connectivity index (χ0n) is 13.7. The number of benzene rings is 1. The molecule has 0 unspecified atom stereocenters. The molecule has 24 heavy (non-hydrogen) atoms. The summed E-state index contributed by atoms with van der Waals surface area (Å²) in [6.45, 7) is 5.95. The Morgan fingerprint density at radius 1 is 1.21 bits per heavy atom. The lowest BCUT2D eigenvalue weighted by Crippen LogP contribution is -2.30. The number of hydrogen-bond donors (Lipinski definition) is 0. The van der Waals surface area contributed by atoms with Crippen LogP contribution >= 0.6 is 11.3 Å². The summed E-state index contributed by atoms with van der Waals surface area (Å²) in [7, 11) is -3.64. The molecule has 2 aromatic heterocycles. The summed E-state index contributed by atoms with van der Waals surface area (Å²) in [4.78, 5) is 1.79. The van der Waals surface area contributed by atoms with Gasteiger partial charge < -0.3 is 4.52 Å². The molecule has 0 amide bonds. The van der Waals surface area contributed by atoms with Crippen LogP contribution < -0.4 is 4.31 Å². The van der Waals surface area contributed by atoms with Crippen molar-refractivity contribution in [1.82, 2.24) is 5.16 Å². The normalized spacial score (nSPS) is 11.6. The molecule has 0 bridgehead atoms. The van der Waals surface area contributed by atoms with Crippen LogP contribution in [-0.2, 0) is 10.0 Å². The fourth-order valence-corrected chi connectivity index (χ4v) is 5.57. The number of aromatic nitrogens is 1. The Morgan fingerprint density at radius 3 is 2.62 bits per heavy atom. The van der Waals surface area contributed by atoms with Crippen molar-refractivity contribution in [1.29, 1.82) is 0 Å². The lowest BCUT2D eigenvalue weighted by molar-refractivity contribution is 0.433. The molecule has 126 valence electrons. The first-order valence-corrected chi connectivity index (χ1v) is 9.80. The number of hydrogen-bond acceptors (Lipinski definition) is 5. The molecule has 1 aromatic carbocycles. The third-order valence-electron chi connectivity index (χ3n) is 3.70. The summed E-state index contributed by atoms with van der Waals surface area (Å²) in [5, 5.41) is 3.68. The summed E-state index contributed by atoms with van der Waals surface area (Å²) in [5.74, 6) is 0.572. The second-order valence-corrected chi connectivity index (χ2v) is 8.50. The largest absolute Gasteiger partial charge is 0.355 e. The van der Waals surface area contributed by atoms with Crippen molar-refractivity contribution in [2.75, 3.05) is 10.8 Å². The van der Waals surface area contributed by atoms with Gasteiger partial charge in [0.15, 0.2) is 5.76 Å². The van der Waals surface area contributed by atoms with Gasteiger partial charge >= 0.3 is 0 Å². The molecule has 0 N–H and O–H groups in total. The van der Waals surface area contributed by atoms with Crippen LogP contribution in [0.25, 0.3) is 10.6 Å². The summed E-state index contributed by atoms with van der Waals surface area (Å²) in [5.41, 5.74) is 1.69. The van der Waals surface area contributed by atoms with Crippen LogP contribution in [0.15, 0.2) is 52.0 Å². The molecule has 0 aliphatic rings. The molecular weight excluding hydrogens is 344 g/mol. The number of sulfonamides is 1. The third kappa shape index (κ3) is 2.97. The number of rotatable bonds is 5. The standard InChI is InChI=1S/C17H18N2O3S2/c1-4-19(14-7-5-6-12(2)10-14)24(20,21)17-11-16(23-13(17)3)15-8-9-18-22-15/h5-11H,4H2,1-3H3. The van der Waals surface area contributed by atoms with E-state index in [1.165, 1.54) is 15.6 Å². The Kier molecular flexibility index (Phi) is 4.47. The summed E-state index contributed by atoms with van der Waals surface area (Å²) < 4.78 is 32.9. The maximum atomic E-state index is 13.2.